The molecule has 0 radical (unpaired) electrons. The second-order valence-corrected chi connectivity index (χ2v) is 14.2. The van der Waals surface area contributed by atoms with Gasteiger partial charge in [-0.3, -0.25) is 13.9 Å². The molecule has 4 aromatic carbocycles. The third-order valence-corrected chi connectivity index (χ3v) is 9.11. The molecular formula is C35H37ClFN3O4S. The van der Waals surface area contributed by atoms with Gasteiger partial charge >= 0.3 is 0 Å². The van der Waals surface area contributed by atoms with E-state index in [0.29, 0.717) is 5.02 Å². The Morgan fingerprint density at radius 3 is 2.07 bits per heavy atom. The molecule has 1 atom stereocenters. The van der Waals surface area contributed by atoms with E-state index >= 15 is 4.39 Å². The maximum Gasteiger partial charge on any atom is 0.264 e. The summed E-state index contributed by atoms with van der Waals surface area (Å²) >= 11 is 6.11. The Hall–Kier alpha value is -4.21. The lowest BCUT2D eigenvalue weighted by molar-refractivity contribution is -0.140. The number of carbonyl (C=O) groups is 2. The van der Waals surface area contributed by atoms with Gasteiger partial charge in [0, 0.05) is 29.1 Å². The monoisotopic (exact) mass is 649 g/mol. The van der Waals surface area contributed by atoms with Crippen LogP contribution in [0.1, 0.15) is 37.5 Å². The van der Waals surface area contributed by atoms with Crippen LogP contribution in [-0.2, 0) is 32.6 Å². The van der Waals surface area contributed by atoms with Crippen LogP contribution in [0.2, 0.25) is 5.02 Å². The Bertz CT molecular complexity index is 1730. The van der Waals surface area contributed by atoms with Crippen molar-refractivity contribution in [3.8, 4) is 0 Å². The average molecular weight is 650 g/mol. The summed E-state index contributed by atoms with van der Waals surface area (Å²) in [5.41, 5.74) is 1.40. The van der Waals surface area contributed by atoms with Gasteiger partial charge < -0.3 is 10.2 Å². The molecule has 2 amide bonds. The molecule has 0 spiro atoms. The number of carbonyl (C=O) groups excluding carboxylic acids is 2. The normalized spacial score (nSPS) is 12.3. The fourth-order valence-corrected chi connectivity index (χ4v) is 6.33. The van der Waals surface area contributed by atoms with Crippen LogP contribution in [0.5, 0.6) is 0 Å². The number of amides is 2. The van der Waals surface area contributed by atoms with Crippen LogP contribution in [0.25, 0.3) is 0 Å². The van der Waals surface area contributed by atoms with E-state index in [9.17, 15) is 18.0 Å². The second kappa shape index (κ2) is 14.3. The van der Waals surface area contributed by atoms with Crippen LogP contribution in [0.4, 0.5) is 10.1 Å². The van der Waals surface area contributed by atoms with Gasteiger partial charge in [-0.15, -0.1) is 0 Å². The molecule has 0 saturated heterocycles. The molecule has 0 fully saturated rings. The highest BCUT2D eigenvalue weighted by Gasteiger charge is 2.36. The van der Waals surface area contributed by atoms with E-state index in [1.165, 1.54) is 59.5 Å². The fourth-order valence-electron chi connectivity index (χ4n) is 4.79. The Labute approximate surface area is 269 Å². The van der Waals surface area contributed by atoms with Crippen molar-refractivity contribution in [1.29, 1.82) is 0 Å². The molecule has 0 aliphatic heterocycles. The number of hydrogen-bond donors (Lipinski definition) is 1. The maximum absolute atomic E-state index is 15.0. The van der Waals surface area contributed by atoms with Crippen molar-refractivity contribution in [2.45, 2.75) is 57.1 Å². The molecule has 0 unspecified atom stereocenters. The molecule has 7 nitrogen and oxygen atoms in total. The number of rotatable bonds is 11. The van der Waals surface area contributed by atoms with Crippen LogP contribution in [-0.4, -0.2) is 43.3 Å². The Morgan fingerprint density at radius 1 is 0.867 bits per heavy atom. The van der Waals surface area contributed by atoms with E-state index in [-0.39, 0.29) is 29.1 Å². The first-order valence-corrected chi connectivity index (χ1v) is 16.3. The minimum absolute atomic E-state index is 0.0113. The number of nitrogens with one attached hydrogen (secondary N) is 1. The lowest BCUT2D eigenvalue weighted by Gasteiger charge is -2.35. The number of nitrogens with zero attached hydrogens (tertiary/aromatic N) is 2. The Balaban J connectivity index is 1.82. The smallest absolute Gasteiger partial charge is 0.264 e. The van der Waals surface area contributed by atoms with Crippen LogP contribution < -0.4 is 9.62 Å². The van der Waals surface area contributed by atoms with E-state index in [2.05, 4.69) is 5.32 Å². The van der Waals surface area contributed by atoms with Crippen LogP contribution in [0, 0.1) is 12.7 Å². The molecule has 0 aromatic heterocycles. The van der Waals surface area contributed by atoms with Crippen LogP contribution in [0.15, 0.2) is 108 Å². The molecule has 0 heterocycles. The van der Waals surface area contributed by atoms with Crippen molar-refractivity contribution in [3.05, 3.63) is 131 Å². The molecule has 0 bridgehead atoms. The van der Waals surface area contributed by atoms with Gasteiger partial charge in [0.1, 0.15) is 18.4 Å². The lowest BCUT2D eigenvalue weighted by Crippen LogP contribution is -2.56. The fraction of sp³-hybridized carbons (Fsp3) is 0.257. The number of halogens is 2. The predicted octanol–water partition coefficient (Wildman–Crippen LogP) is 6.54. The van der Waals surface area contributed by atoms with Crippen LogP contribution in [0.3, 0.4) is 0 Å². The molecular weight excluding hydrogens is 613 g/mol. The van der Waals surface area contributed by atoms with Gasteiger partial charge in [0.15, 0.2) is 0 Å². The molecule has 236 valence electrons. The number of sulfonamides is 1. The number of hydrogen-bond acceptors (Lipinski definition) is 4. The number of aryl methyl sites for hydroxylation is 1. The third-order valence-electron chi connectivity index (χ3n) is 7.07. The first-order valence-electron chi connectivity index (χ1n) is 14.5. The second-order valence-electron chi connectivity index (χ2n) is 11.9. The van der Waals surface area contributed by atoms with Crippen LogP contribution >= 0.6 is 11.6 Å². The highest BCUT2D eigenvalue weighted by atomic mass is 35.5. The molecule has 4 rings (SSSR count). The van der Waals surface area contributed by atoms with Crippen molar-refractivity contribution >= 4 is 39.1 Å². The van der Waals surface area contributed by atoms with Crippen molar-refractivity contribution < 1.29 is 22.4 Å². The SMILES string of the molecule is Cc1ccc(S(=O)(=O)N(CC(=O)N(Cc2ccccc2F)[C@H](Cc2ccccc2)C(=O)NC(C)(C)C)c2ccc(Cl)cc2)cc1. The predicted molar refractivity (Wildman–Crippen MR) is 176 cm³/mol. The van der Waals surface area contributed by atoms with Crippen molar-refractivity contribution in [3.63, 3.8) is 0 Å². The van der Waals surface area contributed by atoms with Gasteiger partial charge in [0.05, 0.1) is 10.6 Å². The van der Waals surface area contributed by atoms with Gasteiger partial charge in [0.25, 0.3) is 10.0 Å². The number of anilines is 1. The molecule has 10 heteroatoms. The molecule has 0 aliphatic rings. The molecule has 0 saturated carbocycles. The highest BCUT2D eigenvalue weighted by molar-refractivity contribution is 7.92. The summed E-state index contributed by atoms with van der Waals surface area (Å²) < 4.78 is 44.1. The van der Waals surface area contributed by atoms with E-state index in [0.717, 1.165) is 15.4 Å². The molecule has 1 N–H and O–H groups in total. The molecule has 45 heavy (non-hydrogen) atoms. The number of benzene rings is 4. The van der Waals surface area contributed by atoms with E-state index in [1.54, 1.807) is 18.2 Å². The van der Waals surface area contributed by atoms with Gasteiger partial charge in [-0.05, 0) is 75.7 Å². The maximum atomic E-state index is 15.0. The van der Waals surface area contributed by atoms with Crippen molar-refractivity contribution in [2.75, 3.05) is 10.8 Å². The summed E-state index contributed by atoms with van der Waals surface area (Å²) in [5.74, 6) is -1.68. The largest absolute Gasteiger partial charge is 0.350 e. The summed E-state index contributed by atoms with van der Waals surface area (Å²) in [6, 6.07) is 26.5. The van der Waals surface area contributed by atoms with E-state index < -0.39 is 45.8 Å². The summed E-state index contributed by atoms with van der Waals surface area (Å²) in [4.78, 5) is 29.6. The highest BCUT2D eigenvalue weighted by Crippen LogP contribution is 2.27. The average Bonchev–Trinajstić information content (AvgIpc) is 2.99. The summed E-state index contributed by atoms with van der Waals surface area (Å²) in [7, 11) is -4.26. The van der Waals surface area contributed by atoms with Gasteiger partial charge in [-0.1, -0.05) is 77.8 Å². The lowest BCUT2D eigenvalue weighted by atomic mass is 10.0. The summed E-state index contributed by atoms with van der Waals surface area (Å²) in [6.45, 7) is 6.39. The Morgan fingerprint density at radius 2 is 1.47 bits per heavy atom. The van der Waals surface area contributed by atoms with Crippen molar-refractivity contribution in [1.82, 2.24) is 10.2 Å². The first kappa shape index (κ1) is 33.7. The van der Waals surface area contributed by atoms with Gasteiger partial charge in [-0.2, -0.15) is 0 Å². The van der Waals surface area contributed by atoms with Gasteiger partial charge in [-0.25, -0.2) is 12.8 Å². The standard InChI is InChI=1S/C35H37ClFN3O4S/c1-25-14-20-30(21-15-25)45(43,44)40(29-18-16-28(36)17-19-29)24-33(41)39(23-27-12-8-9-13-31(27)37)32(34(42)38-35(2,3)4)22-26-10-6-5-7-11-26/h5-21,32H,22-24H2,1-4H3,(H,38,42)/t32-/m1/s1. The van der Waals surface area contributed by atoms with Gasteiger partial charge in [0.2, 0.25) is 11.8 Å². The zero-order valence-corrected chi connectivity index (χ0v) is 27.3. The summed E-state index contributed by atoms with van der Waals surface area (Å²) in [6.07, 6.45) is 0.120. The zero-order chi connectivity index (χ0) is 32.8. The third kappa shape index (κ3) is 8.93. The zero-order valence-electron chi connectivity index (χ0n) is 25.7. The van der Waals surface area contributed by atoms with Crippen molar-refractivity contribution in [2.24, 2.45) is 0 Å². The molecule has 4 aromatic rings. The summed E-state index contributed by atoms with van der Waals surface area (Å²) in [5, 5.41) is 3.34. The topological polar surface area (TPSA) is 86.8 Å². The minimum atomic E-state index is -4.26. The minimum Gasteiger partial charge on any atom is -0.350 e. The quantitative estimate of drug-likeness (QED) is 0.200. The first-order chi connectivity index (χ1) is 21.2. The van der Waals surface area contributed by atoms with E-state index in [1.807, 2.05) is 58.0 Å². The van der Waals surface area contributed by atoms with E-state index in [4.69, 9.17) is 11.6 Å². The Kier molecular flexibility index (Phi) is 10.7. The molecule has 0 aliphatic carbocycles.